The molecule has 37 heavy (non-hydrogen) atoms. The van der Waals surface area contributed by atoms with Crippen LogP contribution < -0.4 is 0 Å². The fourth-order valence-corrected chi connectivity index (χ4v) is 6.48. The molecular formula is C35H70O2. The molecule has 0 spiro atoms. The average Bonchev–Trinajstić information content (AvgIpc) is 2.87. The van der Waals surface area contributed by atoms with Crippen LogP contribution >= 0.6 is 0 Å². The number of rotatable bonds is 29. The number of carboxylic acids is 1. The lowest BCUT2D eigenvalue weighted by Gasteiger charge is -2.39. The Morgan fingerprint density at radius 1 is 0.514 bits per heavy atom. The quantitative estimate of drug-likeness (QED) is 0.0991. The molecule has 2 heteroatoms. The van der Waals surface area contributed by atoms with Gasteiger partial charge < -0.3 is 5.11 Å². The summed E-state index contributed by atoms with van der Waals surface area (Å²) in [5.41, 5.74) is -0.545. The molecule has 2 nitrogen and oxygen atoms in total. The Labute approximate surface area is 234 Å². The number of hydrogen-bond acceptors (Lipinski definition) is 1. The lowest BCUT2D eigenvalue weighted by molar-refractivity contribution is -0.157. The highest BCUT2D eigenvalue weighted by atomic mass is 16.4. The van der Waals surface area contributed by atoms with E-state index >= 15 is 0 Å². The molecule has 0 amide bonds. The summed E-state index contributed by atoms with van der Waals surface area (Å²) in [6.45, 7) is 11.1. The monoisotopic (exact) mass is 523 g/mol. The van der Waals surface area contributed by atoms with Gasteiger partial charge in [0, 0.05) is 0 Å². The molecule has 0 saturated carbocycles. The molecule has 222 valence electrons. The van der Waals surface area contributed by atoms with Crippen molar-refractivity contribution in [1.82, 2.24) is 0 Å². The van der Waals surface area contributed by atoms with Gasteiger partial charge in [0.25, 0.3) is 0 Å². The van der Waals surface area contributed by atoms with E-state index in [-0.39, 0.29) is 11.8 Å². The van der Waals surface area contributed by atoms with Gasteiger partial charge in [-0.2, -0.15) is 0 Å². The molecular weight excluding hydrogens is 452 g/mol. The summed E-state index contributed by atoms with van der Waals surface area (Å²) < 4.78 is 0. The number of carbonyl (C=O) groups is 1. The number of unbranched alkanes of at least 4 members (excludes halogenated alkanes) is 22. The second kappa shape index (κ2) is 25.7. The molecule has 0 aliphatic rings. The fraction of sp³-hybridized carbons (Fsp3) is 0.971. The van der Waals surface area contributed by atoms with Crippen LogP contribution in [0.25, 0.3) is 0 Å². The minimum Gasteiger partial charge on any atom is -0.481 e. The Kier molecular flexibility index (Phi) is 25.4. The Morgan fingerprint density at radius 2 is 0.811 bits per heavy atom. The molecule has 0 aliphatic heterocycles. The number of aliphatic carboxylic acids is 1. The molecule has 0 aromatic heterocycles. The van der Waals surface area contributed by atoms with Gasteiger partial charge in [0.2, 0.25) is 0 Å². The zero-order valence-electron chi connectivity index (χ0n) is 26.4. The lowest BCUT2D eigenvalue weighted by Crippen LogP contribution is -2.42. The molecule has 2 atom stereocenters. The van der Waals surface area contributed by atoms with Gasteiger partial charge in [0.15, 0.2) is 0 Å². The largest absolute Gasteiger partial charge is 0.481 e. The maximum atomic E-state index is 12.6. The summed E-state index contributed by atoms with van der Waals surface area (Å²) in [5, 5.41) is 10.3. The Balaban J connectivity index is 4.05. The summed E-state index contributed by atoms with van der Waals surface area (Å²) in [6.07, 6.45) is 34.2. The van der Waals surface area contributed by atoms with Crippen molar-refractivity contribution in [2.45, 2.75) is 202 Å². The maximum absolute atomic E-state index is 12.6. The normalized spacial score (nSPS) is 14.2. The summed E-state index contributed by atoms with van der Waals surface area (Å²) in [7, 11) is 0. The maximum Gasteiger partial charge on any atom is 0.310 e. The third-order valence-electron chi connectivity index (χ3n) is 9.24. The minimum atomic E-state index is -0.545. The zero-order chi connectivity index (χ0) is 27.6. The molecule has 0 saturated heterocycles. The molecule has 0 fully saturated rings. The van der Waals surface area contributed by atoms with E-state index in [4.69, 9.17) is 0 Å². The summed E-state index contributed by atoms with van der Waals surface area (Å²) in [6, 6.07) is 0. The highest BCUT2D eigenvalue weighted by Gasteiger charge is 2.45. The number of hydrogen-bond donors (Lipinski definition) is 1. The van der Waals surface area contributed by atoms with Gasteiger partial charge in [0.1, 0.15) is 0 Å². The summed E-state index contributed by atoms with van der Waals surface area (Å²) >= 11 is 0. The van der Waals surface area contributed by atoms with E-state index in [2.05, 4.69) is 34.6 Å². The molecule has 1 N–H and O–H groups in total. The van der Waals surface area contributed by atoms with E-state index in [1.165, 1.54) is 148 Å². The first kappa shape index (κ1) is 36.5. The summed E-state index contributed by atoms with van der Waals surface area (Å²) in [5.74, 6) is -0.0808. The van der Waals surface area contributed by atoms with Crippen LogP contribution in [0.1, 0.15) is 202 Å². The van der Waals surface area contributed by atoms with E-state index in [1.807, 2.05) is 0 Å². The molecule has 2 unspecified atom stereocenters. The third kappa shape index (κ3) is 18.4. The van der Waals surface area contributed by atoms with Gasteiger partial charge in [-0.05, 0) is 24.7 Å². The first-order chi connectivity index (χ1) is 17.9. The number of carboxylic acid groups (broad SMARTS) is 1. The SMILES string of the molecule is CCCCCCCCCCCCCCCC(C)C(CCCCCCCCCCCCC)(C(=O)O)C(C)C. The Morgan fingerprint density at radius 3 is 1.11 bits per heavy atom. The second-order valence-corrected chi connectivity index (χ2v) is 12.7. The van der Waals surface area contributed by atoms with E-state index in [1.54, 1.807) is 0 Å². The first-order valence-electron chi connectivity index (χ1n) is 17.2. The average molecular weight is 523 g/mol. The molecule has 0 aromatic rings. The van der Waals surface area contributed by atoms with Crippen molar-refractivity contribution in [2.24, 2.45) is 17.3 Å². The minimum absolute atomic E-state index is 0.199. The second-order valence-electron chi connectivity index (χ2n) is 12.7. The van der Waals surface area contributed by atoms with Crippen LogP contribution in [0.3, 0.4) is 0 Å². The lowest BCUT2D eigenvalue weighted by atomic mass is 9.64. The van der Waals surface area contributed by atoms with Gasteiger partial charge in [0.05, 0.1) is 5.41 Å². The van der Waals surface area contributed by atoms with E-state index < -0.39 is 11.4 Å². The van der Waals surface area contributed by atoms with Crippen LogP contribution in [0.2, 0.25) is 0 Å². The smallest absolute Gasteiger partial charge is 0.310 e. The van der Waals surface area contributed by atoms with Crippen molar-refractivity contribution in [3.63, 3.8) is 0 Å². The van der Waals surface area contributed by atoms with Gasteiger partial charge >= 0.3 is 5.97 Å². The van der Waals surface area contributed by atoms with Gasteiger partial charge in [-0.25, -0.2) is 0 Å². The fourth-order valence-electron chi connectivity index (χ4n) is 6.48. The van der Waals surface area contributed by atoms with E-state index in [9.17, 15) is 9.90 Å². The molecule has 0 radical (unpaired) electrons. The Bertz CT molecular complexity index is 486. The predicted molar refractivity (Wildman–Crippen MR) is 165 cm³/mol. The van der Waals surface area contributed by atoms with Crippen molar-refractivity contribution < 1.29 is 9.90 Å². The van der Waals surface area contributed by atoms with Crippen LogP contribution in [0, 0.1) is 17.3 Å². The molecule has 0 aromatic carbocycles. The van der Waals surface area contributed by atoms with Gasteiger partial charge in [-0.1, -0.05) is 189 Å². The van der Waals surface area contributed by atoms with Crippen LogP contribution in [0.5, 0.6) is 0 Å². The van der Waals surface area contributed by atoms with Crippen molar-refractivity contribution in [2.75, 3.05) is 0 Å². The van der Waals surface area contributed by atoms with Crippen LogP contribution in [-0.4, -0.2) is 11.1 Å². The molecule has 0 heterocycles. The van der Waals surface area contributed by atoms with Crippen molar-refractivity contribution in [3.05, 3.63) is 0 Å². The molecule has 0 rings (SSSR count). The predicted octanol–water partition coefficient (Wildman–Crippen LogP) is 12.5. The van der Waals surface area contributed by atoms with Gasteiger partial charge in [-0.3, -0.25) is 4.79 Å². The van der Waals surface area contributed by atoms with Crippen molar-refractivity contribution in [3.8, 4) is 0 Å². The highest BCUT2D eigenvalue weighted by molar-refractivity contribution is 5.75. The van der Waals surface area contributed by atoms with Gasteiger partial charge in [-0.15, -0.1) is 0 Å². The van der Waals surface area contributed by atoms with Crippen LogP contribution in [0.4, 0.5) is 0 Å². The van der Waals surface area contributed by atoms with Crippen LogP contribution in [0.15, 0.2) is 0 Å². The van der Waals surface area contributed by atoms with Crippen molar-refractivity contribution in [1.29, 1.82) is 0 Å². The first-order valence-corrected chi connectivity index (χ1v) is 17.2. The van der Waals surface area contributed by atoms with E-state index in [0.29, 0.717) is 0 Å². The molecule has 0 aliphatic carbocycles. The third-order valence-corrected chi connectivity index (χ3v) is 9.24. The zero-order valence-corrected chi connectivity index (χ0v) is 26.4. The highest BCUT2D eigenvalue weighted by Crippen LogP contribution is 2.43. The standard InChI is InChI=1S/C35H70O2/c1-6-8-10-12-14-16-18-19-20-22-24-26-28-30-33(5)35(32(3)4,34(36)37)31-29-27-25-23-21-17-15-13-11-9-7-2/h32-33H,6-31H2,1-5H3,(H,36,37). The van der Waals surface area contributed by atoms with E-state index in [0.717, 1.165) is 19.3 Å². The summed E-state index contributed by atoms with van der Waals surface area (Å²) in [4.78, 5) is 12.6. The Hall–Kier alpha value is -0.530. The van der Waals surface area contributed by atoms with Crippen molar-refractivity contribution >= 4 is 5.97 Å². The molecule has 0 bridgehead atoms. The van der Waals surface area contributed by atoms with Crippen LogP contribution in [-0.2, 0) is 4.79 Å². The topological polar surface area (TPSA) is 37.3 Å².